The Labute approximate surface area is 184 Å². The average Bonchev–Trinajstić information content (AvgIpc) is 3.02. The fourth-order valence-corrected chi connectivity index (χ4v) is 4.17. The van der Waals surface area contributed by atoms with E-state index in [0.29, 0.717) is 6.61 Å². The number of fused-ring (bicyclic) bond motifs is 1. The summed E-state index contributed by atoms with van der Waals surface area (Å²) in [6, 6.07) is 18.6. The van der Waals surface area contributed by atoms with Gasteiger partial charge in [0.2, 0.25) is 0 Å². The summed E-state index contributed by atoms with van der Waals surface area (Å²) in [5.41, 5.74) is 5.40. The van der Waals surface area contributed by atoms with Gasteiger partial charge in [-0.3, -0.25) is 9.88 Å². The highest BCUT2D eigenvalue weighted by Gasteiger charge is 2.19. The van der Waals surface area contributed by atoms with E-state index >= 15 is 0 Å². The van der Waals surface area contributed by atoms with Crippen molar-refractivity contribution in [2.75, 3.05) is 31.1 Å². The van der Waals surface area contributed by atoms with Crippen molar-refractivity contribution in [1.29, 1.82) is 0 Å². The second-order valence-corrected chi connectivity index (χ2v) is 7.95. The van der Waals surface area contributed by atoms with Crippen LogP contribution in [0.5, 0.6) is 5.75 Å². The van der Waals surface area contributed by atoms with Crippen LogP contribution in [0.1, 0.15) is 42.2 Å². The van der Waals surface area contributed by atoms with Crippen LogP contribution in [0.15, 0.2) is 67.0 Å². The van der Waals surface area contributed by atoms with E-state index in [4.69, 9.17) is 4.74 Å². The van der Waals surface area contributed by atoms with Gasteiger partial charge in [-0.25, -0.2) is 0 Å². The summed E-state index contributed by atoms with van der Waals surface area (Å²) in [6.07, 6.45) is 2.74. The molecule has 5 nitrogen and oxygen atoms in total. The van der Waals surface area contributed by atoms with Crippen LogP contribution in [0.4, 0.5) is 5.69 Å². The average molecular weight is 418 g/mol. The lowest BCUT2D eigenvalue weighted by Crippen LogP contribution is -2.25. The summed E-state index contributed by atoms with van der Waals surface area (Å²) in [6.45, 7) is 9.61. The van der Waals surface area contributed by atoms with E-state index in [1.165, 1.54) is 11.3 Å². The molecule has 0 bridgehead atoms. The minimum Gasteiger partial charge on any atom is -0.492 e. The minimum absolute atomic E-state index is 0.663. The molecule has 3 aromatic rings. The predicted molar refractivity (Wildman–Crippen MR) is 124 cm³/mol. The van der Waals surface area contributed by atoms with Crippen molar-refractivity contribution in [2.24, 2.45) is 0 Å². The highest BCUT2D eigenvalue weighted by molar-refractivity contribution is 5.47. The van der Waals surface area contributed by atoms with E-state index in [2.05, 4.69) is 59.0 Å². The number of aliphatic hydroxyl groups excluding tert-OH is 1. The molecular weight excluding hydrogens is 386 g/mol. The quantitative estimate of drug-likeness (QED) is 0.617. The fraction of sp³-hybridized carbons (Fsp3) is 0.346. The highest BCUT2D eigenvalue weighted by atomic mass is 16.5. The first kappa shape index (κ1) is 21.3. The third-order valence-electron chi connectivity index (χ3n) is 5.95. The maximum atomic E-state index is 10.8. The SMILES string of the molecule is CCN(CC)c1ccc(CN2CCOc3ccc(C(O)c4ccncc4)cc3C2)cc1. The van der Waals surface area contributed by atoms with Crippen molar-refractivity contribution >= 4 is 5.69 Å². The summed E-state index contributed by atoms with van der Waals surface area (Å²) in [7, 11) is 0. The molecule has 4 rings (SSSR count). The van der Waals surface area contributed by atoms with Gasteiger partial charge in [-0.15, -0.1) is 0 Å². The number of nitrogens with zero attached hydrogens (tertiary/aromatic N) is 3. The molecule has 0 spiro atoms. The largest absolute Gasteiger partial charge is 0.492 e. The molecule has 2 aromatic carbocycles. The Balaban J connectivity index is 1.48. The van der Waals surface area contributed by atoms with Gasteiger partial charge in [0.25, 0.3) is 0 Å². The zero-order valence-electron chi connectivity index (χ0n) is 18.4. The molecule has 1 aromatic heterocycles. The number of hydrogen-bond acceptors (Lipinski definition) is 5. The Kier molecular flexibility index (Phi) is 6.85. The van der Waals surface area contributed by atoms with Gasteiger partial charge in [-0.05, 0) is 66.9 Å². The molecule has 1 N–H and O–H groups in total. The number of aromatic nitrogens is 1. The summed E-state index contributed by atoms with van der Waals surface area (Å²) in [5.74, 6) is 0.907. The van der Waals surface area contributed by atoms with Crippen molar-refractivity contribution in [1.82, 2.24) is 9.88 Å². The summed E-state index contributed by atoms with van der Waals surface area (Å²) in [4.78, 5) is 8.80. The van der Waals surface area contributed by atoms with Gasteiger partial charge < -0.3 is 14.7 Å². The first-order chi connectivity index (χ1) is 15.2. The Morgan fingerprint density at radius 3 is 2.45 bits per heavy atom. The van der Waals surface area contributed by atoms with Gasteiger partial charge in [0.1, 0.15) is 18.5 Å². The summed E-state index contributed by atoms with van der Waals surface area (Å²) < 4.78 is 6.00. The smallest absolute Gasteiger partial charge is 0.123 e. The molecule has 0 radical (unpaired) electrons. The molecule has 1 atom stereocenters. The molecule has 0 saturated heterocycles. The Morgan fingerprint density at radius 2 is 1.74 bits per heavy atom. The van der Waals surface area contributed by atoms with Gasteiger partial charge in [-0.2, -0.15) is 0 Å². The van der Waals surface area contributed by atoms with Crippen LogP contribution in [0.2, 0.25) is 0 Å². The number of rotatable bonds is 7. The molecule has 0 saturated carbocycles. The van der Waals surface area contributed by atoms with Gasteiger partial charge in [-0.1, -0.05) is 18.2 Å². The van der Waals surface area contributed by atoms with Crippen molar-refractivity contribution in [2.45, 2.75) is 33.0 Å². The lowest BCUT2D eigenvalue weighted by atomic mass is 10.00. The highest BCUT2D eigenvalue weighted by Crippen LogP contribution is 2.30. The van der Waals surface area contributed by atoms with E-state index < -0.39 is 6.10 Å². The molecule has 0 aliphatic carbocycles. The van der Waals surface area contributed by atoms with Crippen LogP contribution in [-0.2, 0) is 13.1 Å². The standard InChI is InChI=1S/C26H31N3O2/c1-3-29(4-2)24-8-5-20(6-9-24)18-28-15-16-31-25-10-7-22(17-23(25)19-28)26(30)21-11-13-27-14-12-21/h5-14,17,26,30H,3-4,15-16,18-19H2,1-2H3. The Morgan fingerprint density at radius 1 is 1.00 bits per heavy atom. The maximum absolute atomic E-state index is 10.8. The normalized spacial score (nSPS) is 14.9. The zero-order valence-corrected chi connectivity index (χ0v) is 18.4. The van der Waals surface area contributed by atoms with Gasteiger partial charge in [0, 0.05) is 56.4 Å². The Bertz CT molecular complexity index is 972. The second kappa shape index (κ2) is 9.94. The van der Waals surface area contributed by atoms with Crippen molar-refractivity contribution in [3.8, 4) is 5.75 Å². The topological polar surface area (TPSA) is 48.8 Å². The van der Waals surface area contributed by atoms with Crippen LogP contribution >= 0.6 is 0 Å². The zero-order chi connectivity index (χ0) is 21.6. The lowest BCUT2D eigenvalue weighted by Gasteiger charge is -2.23. The molecule has 2 heterocycles. The van der Waals surface area contributed by atoms with E-state index in [9.17, 15) is 5.11 Å². The molecule has 5 heteroatoms. The van der Waals surface area contributed by atoms with E-state index in [-0.39, 0.29) is 0 Å². The van der Waals surface area contributed by atoms with Crippen LogP contribution in [0.3, 0.4) is 0 Å². The van der Waals surface area contributed by atoms with E-state index in [1.807, 2.05) is 24.3 Å². The van der Waals surface area contributed by atoms with Crippen molar-refractivity contribution in [3.05, 3.63) is 89.2 Å². The Hall–Kier alpha value is -2.89. The third kappa shape index (κ3) is 5.06. The van der Waals surface area contributed by atoms with Gasteiger partial charge in [0.05, 0.1) is 0 Å². The lowest BCUT2D eigenvalue weighted by molar-refractivity contribution is 0.218. The number of ether oxygens (including phenoxy) is 1. The number of aliphatic hydroxyl groups is 1. The maximum Gasteiger partial charge on any atom is 0.123 e. The molecule has 1 aliphatic rings. The number of pyridine rings is 1. The van der Waals surface area contributed by atoms with E-state index in [0.717, 1.165) is 55.2 Å². The molecule has 31 heavy (non-hydrogen) atoms. The molecular formula is C26H31N3O2. The molecule has 0 fully saturated rings. The number of anilines is 1. The second-order valence-electron chi connectivity index (χ2n) is 7.95. The molecule has 162 valence electrons. The monoisotopic (exact) mass is 417 g/mol. The summed E-state index contributed by atoms with van der Waals surface area (Å²) >= 11 is 0. The van der Waals surface area contributed by atoms with Crippen LogP contribution in [0.25, 0.3) is 0 Å². The molecule has 0 amide bonds. The van der Waals surface area contributed by atoms with Crippen LogP contribution in [0, 0.1) is 0 Å². The van der Waals surface area contributed by atoms with Gasteiger partial charge >= 0.3 is 0 Å². The first-order valence-corrected chi connectivity index (χ1v) is 11.1. The third-order valence-corrected chi connectivity index (χ3v) is 5.95. The van der Waals surface area contributed by atoms with Crippen LogP contribution in [-0.4, -0.2) is 41.2 Å². The van der Waals surface area contributed by atoms with Crippen molar-refractivity contribution in [3.63, 3.8) is 0 Å². The van der Waals surface area contributed by atoms with Crippen LogP contribution < -0.4 is 9.64 Å². The number of benzene rings is 2. The van der Waals surface area contributed by atoms with E-state index in [1.54, 1.807) is 12.4 Å². The predicted octanol–water partition coefficient (Wildman–Crippen LogP) is 4.40. The fourth-order valence-electron chi connectivity index (χ4n) is 4.17. The van der Waals surface area contributed by atoms with Gasteiger partial charge in [0.15, 0.2) is 0 Å². The first-order valence-electron chi connectivity index (χ1n) is 11.1. The summed E-state index contributed by atoms with van der Waals surface area (Å²) in [5, 5.41) is 10.8. The van der Waals surface area contributed by atoms with Crippen molar-refractivity contribution < 1.29 is 9.84 Å². The number of hydrogen-bond donors (Lipinski definition) is 1. The molecule has 1 unspecified atom stereocenters. The minimum atomic E-state index is -0.669. The molecule has 1 aliphatic heterocycles.